The molecule has 0 fully saturated rings. The Labute approximate surface area is 88.9 Å². The lowest BCUT2D eigenvalue weighted by molar-refractivity contribution is -0.136. The predicted octanol–water partition coefficient (Wildman–Crippen LogP) is 2.38. The molecule has 0 aliphatic heterocycles. The van der Waals surface area contributed by atoms with Crippen LogP contribution in [0.3, 0.4) is 0 Å². The average molecular weight is 230 g/mol. The molecule has 16 heavy (non-hydrogen) atoms. The van der Waals surface area contributed by atoms with Crippen LogP contribution in [-0.4, -0.2) is 15.1 Å². The standard InChI is InChI=1S/C10H9F3N2O/c1-5-2-6(10(11,12)13)9-7(3-5)14-8(4-16)15-9/h2-3,16H,4H2,1H3,(H,14,15). The van der Waals surface area contributed by atoms with Gasteiger partial charge in [-0.3, -0.25) is 0 Å². The number of alkyl halides is 3. The van der Waals surface area contributed by atoms with Crippen LogP contribution in [0.25, 0.3) is 11.0 Å². The van der Waals surface area contributed by atoms with Crippen molar-refractivity contribution in [2.45, 2.75) is 19.7 Å². The Morgan fingerprint density at radius 3 is 2.62 bits per heavy atom. The van der Waals surface area contributed by atoms with E-state index in [-0.39, 0.29) is 16.9 Å². The van der Waals surface area contributed by atoms with Crippen molar-refractivity contribution in [2.75, 3.05) is 0 Å². The molecule has 0 aliphatic rings. The number of halogens is 3. The van der Waals surface area contributed by atoms with E-state index in [0.29, 0.717) is 5.56 Å². The number of imidazole rings is 1. The molecule has 0 atom stereocenters. The number of aromatic amines is 1. The topological polar surface area (TPSA) is 48.9 Å². The van der Waals surface area contributed by atoms with E-state index < -0.39 is 18.3 Å². The van der Waals surface area contributed by atoms with Crippen LogP contribution >= 0.6 is 0 Å². The van der Waals surface area contributed by atoms with Gasteiger partial charge in [-0.1, -0.05) is 0 Å². The van der Waals surface area contributed by atoms with Gasteiger partial charge >= 0.3 is 6.18 Å². The van der Waals surface area contributed by atoms with Crippen molar-refractivity contribution in [1.29, 1.82) is 0 Å². The number of aliphatic hydroxyl groups excluding tert-OH is 1. The fourth-order valence-corrected chi connectivity index (χ4v) is 1.60. The van der Waals surface area contributed by atoms with Gasteiger partial charge in [0.2, 0.25) is 0 Å². The van der Waals surface area contributed by atoms with Crippen molar-refractivity contribution in [3.63, 3.8) is 0 Å². The summed E-state index contributed by atoms with van der Waals surface area (Å²) in [6.07, 6.45) is -4.43. The summed E-state index contributed by atoms with van der Waals surface area (Å²) in [4.78, 5) is 6.33. The third-order valence-corrected chi connectivity index (χ3v) is 2.24. The summed E-state index contributed by atoms with van der Waals surface area (Å²) in [5.41, 5.74) is -0.135. The summed E-state index contributed by atoms with van der Waals surface area (Å²) in [5.74, 6) is 0.131. The highest BCUT2D eigenvalue weighted by Gasteiger charge is 2.33. The Morgan fingerprint density at radius 2 is 2.06 bits per heavy atom. The molecule has 86 valence electrons. The van der Waals surface area contributed by atoms with E-state index in [1.165, 1.54) is 0 Å². The molecule has 1 heterocycles. The summed E-state index contributed by atoms with van der Waals surface area (Å²) >= 11 is 0. The van der Waals surface area contributed by atoms with E-state index in [1.807, 2.05) is 0 Å². The monoisotopic (exact) mass is 230 g/mol. The molecule has 1 aromatic carbocycles. The highest BCUT2D eigenvalue weighted by atomic mass is 19.4. The predicted molar refractivity (Wildman–Crippen MR) is 51.8 cm³/mol. The van der Waals surface area contributed by atoms with Gasteiger partial charge in [0.05, 0.1) is 16.6 Å². The Hall–Kier alpha value is -1.56. The Kier molecular flexibility index (Phi) is 2.38. The van der Waals surface area contributed by atoms with Gasteiger partial charge in [-0.2, -0.15) is 13.2 Å². The Morgan fingerprint density at radius 1 is 1.38 bits per heavy atom. The first-order valence-corrected chi connectivity index (χ1v) is 4.59. The molecule has 0 saturated heterocycles. The molecule has 0 radical (unpaired) electrons. The summed E-state index contributed by atoms with van der Waals surface area (Å²) in [5, 5.41) is 8.83. The lowest BCUT2D eigenvalue weighted by atomic mass is 10.1. The van der Waals surface area contributed by atoms with Crippen molar-refractivity contribution < 1.29 is 18.3 Å². The normalized spacial score (nSPS) is 12.3. The third kappa shape index (κ3) is 1.76. The summed E-state index contributed by atoms with van der Waals surface area (Å²) in [7, 11) is 0. The fraction of sp³-hybridized carbons (Fsp3) is 0.300. The molecule has 2 N–H and O–H groups in total. The minimum Gasteiger partial charge on any atom is -0.388 e. The van der Waals surface area contributed by atoms with Crippen LogP contribution in [0, 0.1) is 6.92 Å². The van der Waals surface area contributed by atoms with Crippen LogP contribution in [0.15, 0.2) is 12.1 Å². The maximum absolute atomic E-state index is 12.7. The van der Waals surface area contributed by atoms with Crippen molar-refractivity contribution in [3.05, 3.63) is 29.1 Å². The maximum atomic E-state index is 12.7. The molecule has 0 amide bonds. The zero-order chi connectivity index (χ0) is 11.9. The minimum atomic E-state index is -4.43. The number of nitrogens with zero attached hydrogens (tertiary/aromatic N) is 1. The number of H-pyrrole nitrogens is 1. The van der Waals surface area contributed by atoms with Crippen molar-refractivity contribution >= 4 is 11.0 Å². The number of hydrogen-bond donors (Lipinski definition) is 2. The zero-order valence-electron chi connectivity index (χ0n) is 8.39. The molecular formula is C10H9F3N2O. The highest BCUT2D eigenvalue weighted by Crippen LogP contribution is 2.34. The first-order valence-electron chi connectivity index (χ1n) is 4.59. The molecule has 0 unspecified atom stereocenters. The van der Waals surface area contributed by atoms with Gasteiger partial charge in [0.1, 0.15) is 12.4 Å². The van der Waals surface area contributed by atoms with Crippen LogP contribution in [0.2, 0.25) is 0 Å². The highest BCUT2D eigenvalue weighted by molar-refractivity contribution is 5.80. The van der Waals surface area contributed by atoms with E-state index in [2.05, 4.69) is 9.97 Å². The average Bonchev–Trinajstić information content (AvgIpc) is 2.57. The molecule has 0 bridgehead atoms. The number of nitrogens with one attached hydrogen (secondary N) is 1. The second-order valence-corrected chi connectivity index (χ2v) is 3.55. The van der Waals surface area contributed by atoms with Crippen LogP contribution in [0.4, 0.5) is 13.2 Å². The van der Waals surface area contributed by atoms with E-state index >= 15 is 0 Å². The first kappa shape index (κ1) is 10.9. The smallest absolute Gasteiger partial charge is 0.388 e. The van der Waals surface area contributed by atoms with Crippen LogP contribution in [-0.2, 0) is 12.8 Å². The van der Waals surface area contributed by atoms with E-state index in [0.717, 1.165) is 6.07 Å². The van der Waals surface area contributed by atoms with Crippen molar-refractivity contribution in [3.8, 4) is 0 Å². The van der Waals surface area contributed by atoms with E-state index in [1.54, 1.807) is 13.0 Å². The molecule has 2 rings (SSSR count). The molecule has 0 aliphatic carbocycles. The summed E-state index contributed by atoms with van der Waals surface area (Å²) < 4.78 is 38.1. The van der Waals surface area contributed by atoms with E-state index in [9.17, 15) is 13.2 Å². The number of aliphatic hydroxyl groups is 1. The minimum absolute atomic E-state index is 0.0813. The zero-order valence-corrected chi connectivity index (χ0v) is 8.39. The third-order valence-electron chi connectivity index (χ3n) is 2.24. The fourth-order valence-electron chi connectivity index (χ4n) is 1.60. The molecule has 0 spiro atoms. The molecular weight excluding hydrogens is 221 g/mol. The molecule has 0 saturated carbocycles. The van der Waals surface area contributed by atoms with Crippen LogP contribution < -0.4 is 0 Å². The summed E-state index contributed by atoms with van der Waals surface area (Å²) in [6.45, 7) is 1.16. The van der Waals surface area contributed by atoms with Gasteiger partial charge in [-0.05, 0) is 24.6 Å². The van der Waals surface area contributed by atoms with Crippen molar-refractivity contribution in [2.24, 2.45) is 0 Å². The second kappa shape index (κ2) is 3.48. The van der Waals surface area contributed by atoms with E-state index in [4.69, 9.17) is 5.11 Å². The number of rotatable bonds is 1. The largest absolute Gasteiger partial charge is 0.418 e. The van der Waals surface area contributed by atoms with Crippen LogP contribution in [0.1, 0.15) is 17.0 Å². The van der Waals surface area contributed by atoms with Gasteiger partial charge in [0.25, 0.3) is 0 Å². The van der Waals surface area contributed by atoms with Gasteiger partial charge in [-0.25, -0.2) is 4.98 Å². The SMILES string of the molecule is Cc1cc(C(F)(F)F)c2[nH]c(CO)nc2c1. The molecule has 1 aromatic heterocycles. The number of hydrogen-bond acceptors (Lipinski definition) is 2. The number of fused-ring (bicyclic) bond motifs is 1. The molecule has 6 heteroatoms. The quantitative estimate of drug-likeness (QED) is 0.790. The number of benzene rings is 1. The second-order valence-electron chi connectivity index (χ2n) is 3.55. The van der Waals surface area contributed by atoms with Crippen LogP contribution in [0.5, 0.6) is 0 Å². The number of aryl methyl sites for hydroxylation is 1. The van der Waals surface area contributed by atoms with Gasteiger partial charge < -0.3 is 10.1 Å². The Bertz CT molecular complexity index is 531. The Balaban J connectivity index is 2.76. The van der Waals surface area contributed by atoms with Gasteiger partial charge in [-0.15, -0.1) is 0 Å². The molecule has 2 aromatic rings. The summed E-state index contributed by atoms with van der Waals surface area (Å²) in [6, 6.07) is 2.60. The van der Waals surface area contributed by atoms with Gasteiger partial charge in [0, 0.05) is 0 Å². The molecule has 3 nitrogen and oxygen atoms in total. The first-order chi connectivity index (χ1) is 7.41. The number of aromatic nitrogens is 2. The van der Waals surface area contributed by atoms with Crippen molar-refractivity contribution in [1.82, 2.24) is 9.97 Å². The lowest BCUT2D eigenvalue weighted by Gasteiger charge is -2.08. The maximum Gasteiger partial charge on any atom is 0.418 e. The lowest BCUT2D eigenvalue weighted by Crippen LogP contribution is -2.06. The van der Waals surface area contributed by atoms with Gasteiger partial charge in [0.15, 0.2) is 0 Å².